The monoisotopic (exact) mass is 325 g/mol. The van der Waals surface area contributed by atoms with Crippen LogP contribution in [-0.4, -0.2) is 27.6 Å². The fraction of sp³-hybridized carbons (Fsp3) is 0.500. The molecule has 0 radical (unpaired) electrons. The van der Waals surface area contributed by atoms with E-state index in [1.165, 1.54) is 6.26 Å². The summed E-state index contributed by atoms with van der Waals surface area (Å²) < 4.78 is 4.86. The van der Waals surface area contributed by atoms with Crippen molar-refractivity contribution in [2.24, 2.45) is 5.73 Å². The number of nitrogens with two attached hydrogens (primary N) is 1. The molecule has 0 unspecified atom stereocenters. The first-order chi connectivity index (χ1) is 9.77. The lowest BCUT2D eigenvalue weighted by Gasteiger charge is -2.52. The minimum atomic E-state index is -0.945. The summed E-state index contributed by atoms with van der Waals surface area (Å²) in [5.74, 6) is 0. The molecule has 0 aliphatic rings. The Bertz CT molecular complexity index is 585. The Kier molecular flexibility index (Phi) is 5.38. The van der Waals surface area contributed by atoms with E-state index < -0.39 is 16.4 Å². The predicted octanol–water partition coefficient (Wildman–Crippen LogP) is 2.44. The van der Waals surface area contributed by atoms with Crippen LogP contribution in [0.3, 0.4) is 0 Å². The molecule has 1 heterocycles. The van der Waals surface area contributed by atoms with Gasteiger partial charge < -0.3 is 15.4 Å². The number of aliphatic hydroxyl groups is 1. The first kappa shape index (κ1) is 18.6. The Balaban J connectivity index is 0.00000242. The lowest BCUT2D eigenvalue weighted by molar-refractivity contribution is 0.0662. The smallest absolute Gasteiger partial charge is 0.148 e. The standard InChI is InChI=1S/C16H23N3O2.ClH/c1-14(2,12-8-6-5-7-9-12)16(17,11-20)15(3,4)13-10-21-19-18-13;/h5-10,20H,11,17H2,1-4H3;1H/t16-;/m0./s1. The first-order valence-corrected chi connectivity index (χ1v) is 7.00. The third-order valence-corrected chi connectivity index (χ3v) is 4.98. The molecular weight excluding hydrogens is 302 g/mol. The van der Waals surface area contributed by atoms with Crippen LogP contribution in [0.25, 0.3) is 0 Å². The highest BCUT2D eigenvalue weighted by molar-refractivity contribution is 5.85. The van der Waals surface area contributed by atoms with Crippen LogP contribution in [0.1, 0.15) is 39.0 Å². The molecule has 0 saturated heterocycles. The zero-order chi connectivity index (χ0) is 15.7. The van der Waals surface area contributed by atoms with Gasteiger partial charge in [0.1, 0.15) is 12.0 Å². The number of benzene rings is 1. The number of hydrogen-bond donors (Lipinski definition) is 2. The third kappa shape index (κ3) is 2.64. The molecule has 0 saturated carbocycles. The van der Waals surface area contributed by atoms with Crippen molar-refractivity contribution in [3.63, 3.8) is 0 Å². The van der Waals surface area contributed by atoms with Crippen LogP contribution in [0, 0.1) is 0 Å². The Morgan fingerprint density at radius 3 is 2.14 bits per heavy atom. The van der Waals surface area contributed by atoms with Crippen LogP contribution in [-0.2, 0) is 10.8 Å². The molecule has 0 amide bonds. The molecule has 2 aromatic rings. The van der Waals surface area contributed by atoms with Crippen molar-refractivity contribution in [1.29, 1.82) is 0 Å². The fourth-order valence-electron chi connectivity index (χ4n) is 2.95. The molecule has 0 aliphatic heterocycles. The molecule has 0 fully saturated rings. The SMILES string of the molecule is CC(C)(c1ccccc1)[C@@](N)(CO)C(C)(C)c1conn1.Cl. The van der Waals surface area contributed by atoms with E-state index in [2.05, 4.69) is 10.4 Å². The van der Waals surface area contributed by atoms with Crippen LogP contribution < -0.4 is 5.73 Å². The molecule has 6 heteroatoms. The number of aromatic nitrogens is 2. The van der Waals surface area contributed by atoms with Crippen LogP contribution in [0.2, 0.25) is 0 Å². The highest BCUT2D eigenvalue weighted by Gasteiger charge is 2.54. The summed E-state index contributed by atoms with van der Waals surface area (Å²) in [7, 11) is 0. The second-order valence-electron chi connectivity index (χ2n) is 6.54. The molecule has 3 N–H and O–H groups in total. The fourth-order valence-corrected chi connectivity index (χ4v) is 2.95. The summed E-state index contributed by atoms with van der Waals surface area (Å²) in [6, 6.07) is 9.95. The first-order valence-electron chi connectivity index (χ1n) is 7.00. The Labute approximate surface area is 137 Å². The highest BCUT2D eigenvalue weighted by atomic mass is 35.5. The largest absolute Gasteiger partial charge is 0.394 e. The minimum Gasteiger partial charge on any atom is -0.394 e. The van der Waals surface area contributed by atoms with E-state index >= 15 is 0 Å². The van der Waals surface area contributed by atoms with Gasteiger partial charge in [-0.2, -0.15) is 0 Å². The van der Waals surface area contributed by atoms with E-state index in [0.717, 1.165) is 5.56 Å². The molecule has 2 rings (SSSR count). The molecule has 122 valence electrons. The van der Waals surface area contributed by atoms with Gasteiger partial charge in [0.15, 0.2) is 0 Å². The van der Waals surface area contributed by atoms with E-state index in [1.54, 1.807) is 0 Å². The summed E-state index contributed by atoms with van der Waals surface area (Å²) in [6.07, 6.45) is 1.48. The van der Waals surface area contributed by atoms with Crippen LogP contribution in [0.4, 0.5) is 0 Å². The van der Waals surface area contributed by atoms with Crippen molar-refractivity contribution in [2.75, 3.05) is 6.61 Å². The lowest BCUT2D eigenvalue weighted by Crippen LogP contribution is -2.68. The van der Waals surface area contributed by atoms with Gasteiger partial charge in [0.25, 0.3) is 0 Å². The number of halogens is 1. The van der Waals surface area contributed by atoms with E-state index in [9.17, 15) is 5.11 Å². The average molecular weight is 326 g/mol. The van der Waals surface area contributed by atoms with E-state index in [1.807, 2.05) is 58.0 Å². The molecule has 0 bridgehead atoms. The Morgan fingerprint density at radius 1 is 1.09 bits per heavy atom. The average Bonchev–Trinajstić information content (AvgIpc) is 3.01. The van der Waals surface area contributed by atoms with Gasteiger partial charge in [-0.15, -0.1) is 17.5 Å². The van der Waals surface area contributed by atoms with Crippen molar-refractivity contribution in [3.8, 4) is 0 Å². The van der Waals surface area contributed by atoms with Gasteiger partial charge in [-0.05, 0) is 5.56 Å². The molecule has 1 atom stereocenters. The molecule has 22 heavy (non-hydrogen) atoms. The second-order valence-corrected chi connectivity index (χ2v) is 6.54. The summed E-state index contributed by atoms with van der Waals surface area (Å²) in [5.41, 5.74) is 6.36. The predicted molar refractivity (Wildman–Crippen MR) is 88.0 cm³/mol. The van der Waals surface area contributed by atoms with E-state index in [4.69, 9.17) is 10.3 Å². The number of hydrogen-bond acceptors (Lipinski definition) is 5. The maximum Gasteiger partial charge on any atom is 0.148 e. The Morgan fingerprint density at radius 2 is 1.68 bits per heavy atom. The molecular formula is C16H24ClN3O2. The van der Waals surface area contributed by atoms with Crippen molar-refractivity contribution in [2.45, 2.75) is 44.1 Å². The molecule has 5 nitrogen and oxygen atoms in total. The Hall–Kier alpha value is -1.43. The number of aliphatic hydroxyl groups excluding tert-OH is 1. The van der Waals surface area contributed by atoms with Gasteiger partial charge in [-0.3, -0.25) is 0 Å². The zero-order valence-corrected chi connectivity index (χ0v) is 14.2. The van der Waals surface area contributed by atoms with Gasteiger partial charge in [-0.1, -0.05) is 58.0 Å². The third-order valence-electron chi connectivity index (χ3n) is 4.98. The molecule has 0 spiro atoms. The highest BCUT2D eigenvalue weighted by Crippen LogP contribution is 2.45. The van der Waals surface area contributed by atoms with E-state index in [0.29, 0.717) is 5.69 Å². The van der Waals surface area contributed by atoms with Gasteiger partial charge in [0.05, 0.1) is 12.1 Å². The summed E-state index contributed by atoms with van der Waals surface area (Å²) in [4.78, 5) is 0. The summed E-state index contributed by atoms with van der Waals surface area (Å²) in [5, 5.41) is 17.6. The van der Waals surface area contributed by atoms with Crippen molar-refractivity contribution in [1.82, 2.24) is 10.4 Å². The van der Waals surface area contributed by atoms with Crippen molar-refractivity contribution >= 4 is 12.4 Å². The van der Waals surface area contributed by atoms with Crippen LogP contribution in [0.15, 0.2) is 41.1 Å². The van der Waals surface area contributed by atoms with E-state index in [-0.39, 0.29) is 19.0 Å². The van der Waals surface area contributed by atoms with Crippen LogP contribution >= 0.6 is 12.4 Å². The molecule has 1 aromatic carbocycles. The van der Waals surface area contributed by atoms with Crippen LogP contribution in [0.5, 0.6) is 0 Å². The van der Waals surface area contributed by atoms with Crippen molar-refractivity contribution < 1.29 is 9.63 Å². The van der Waals surface area contributed by atoms with Gasteiger partial charge in [0.2, 0.25) is 0 Å². The van der Waals surface area contributed by atoms with Crippen molar-refractivity contribution in [3.05, 3.63) is 47.9 Å². The number of rotatable bonds is 5. The lowest BCUT2D eigenvalue weighted by atomic mass is 9.56. The zero-order valence-electron chi connectivity index (χ0n) is 13.4. The van der Waals surface area contributed by atoms with Gasteiger partial charge in [-0.25, -0.2) is 0 Å². The molecule has 0 aliphatic carbocycles. The normalized spacial score (nSPS) is 15.0. The summed E-state index contributed by atoms with van der Waals surface area (Å²) >= 11 is 0. The quantitative estimate of drug-likeness (QED) is 0.882. The number of nitrogens with zero attached hydrogens (tertiary/aromatic N) is 2. The summed E-state index contributed by atoms with van der Waals surface area (Å²) in [6.45, 7) is 7.79. The topological polar surface area (TPSA) is 85.2 Å². The second kappa shape index (κ2) is 6.36. The van der Waals surface area contributed by atoms with Gasteiger partial charge in [0, 0.05) is 16.1 Å². The maximum absolute atomic E-state index is 10.1. The van der Waals surface area contributed by atoms with Gasteiger partial charge >= 0.3 is 0 Å². The molecule has 1 aromatic heterocycles. The maximum atomic E-state index is 10.1. The minimum absolute atomic E-state index is 0.